The highest BCUT2D eigenvalue weighted by Crippen LogP contribution is 2.55. The summed E-state index contributed by atoms with van der Waals surface area (Å²) in [5.74, 6) is 1.14. The minimum atomic E-state index is -0.284. The normalized spacial score (nSPS) is 17.7. The number of fused-ring (bicyclic) bond motifs is 5. The second kappa shape index (κ2) is 12.3. The highest BCUT2D eigenvalue weighted by atomic mass is 15.1. The minimum Gasteiger partial charge on any atom is -0.376 e. The van der Waals surface area contributed by atoms with Crippen molar-refractivity contribution in [3.8, 4) is 0 Å². The molecular formula is C43H35N5. The lowest BCUT2D eigenvalue weighted by atomic mass is 9.71. The summed E-state index contributed by atoms with van der Waals surface area (Å²) in [4.78, 5) is 14.4. The Labute approximate surface area is 280 Å². The maximum absolute atomic E-state index is 5.17. The monoisotopic (exact) mass is 621 g/mol. The maximum atomic E-state index is 5.17. The van der Waals surface area contributed by atoms with Crippen LogP contribution in [0.15, 0.2) is 173 Å². The van der Waals surface area contributed by atoms with E-state index in [0.29, 0.717) is 18.3 Å². The second-order valence-corrected chi connectivity index (χ2v) is 12.3. The van der Waals surface area contributed by atoms with Gasteiger partial charge in [-0.25, -0.2) is 15.0 Å². The Balaban J connectivity index is 1.31. The van der Waals surface area contributed by atoms with Crippen molar-refractivity contribution in [3.05, 3.63) is 186 Å². The Bertz CT molecular complexity index is 2310. The number of nitrogens with one attached hydrogen (secondary N) is 1. The Morgan fingerprint density at radius 2 is 1.25 bits per heavy atom. The average Bonchev–Trinajstić information content (AvgIpc) is 3.65. The van der Waals surface area contributed by atoms with E-state index in [9.17, 15) is 0 Å². The molecule has 2 unspecified atom stereocenters. The molecule has 0 bridgehead atoms. The molecule has 2 atom stereocenters. The van der Waals surface area contributed by atoms with Gasteiger partial charge in [0.25, 0.3) is 0 Å². The summed E-state index contributed by atoms with van der Waals surface area (Å²) in [5.41, 5.74) is 8.79. The van der Waals surface area contributed by atoms with Crippen molar-refractivity contribution in [2.24, 2.45) is 15.0 Å². The van der Waals surface area contributed by atoms with Crippen LogP contribution < -0.4 is 5.32 Å². The number of aromatic nitrogens is 1. The summed E-state index contributed by atoms with van der Waals surface area (Å²) < 4.78 is 2.30. The highest BCUT2D eigenvalue weighted by molar-refractivity contribution is 6.16. The molecule has 1 N–H and O–H groups in total. The molecule has 0 fully saturated rings. The molecule has 0 radical (unpaired) electrons. The van der Waals surface area contributed by atoms with Crippen LogP contribution in [0.25, 0.3) is 21.8 Å². The van der Waals surface area contributed by atoms with Crippen molar-refractivity contribution >= 4 is 45.9 Å². The SMILES string of the molecule is C=NC(=N/C(=N\Cn1c2ccccc2c2c3c(ccc21)C(C)(c1ccccc1)C(c1ccccc1)N3)c1ccccc1)c1ccccc1. The van der Waals surface area contributed by atoms with Gasteiger partial charge in [-0.2, -0.15) is 0 Å². The molecule has 6 aromatic carbocycles. The van der Waals surface area contributed by atoms with E-state index in [4.69, 9.17) is 9.98 Å². The van der Waals surface area contributed by atoms with Gasteiger partial charge in [0.1, 0.15) is 6.67 Å². The lowest BCUT2D eigenvalue weighted by Gasteiger charge is -2.33. The van der Waals surface area contributed by atoms with Gasteiger partial charge in [0.05, 0.1) is 17.1 Å². The molecule has 1 aliphatic heterocycles. The lowest BCUT2D eigenvalue weighted by Crippen LogP contribution is -2.30. The zero-order valence-electron chi connectivity index (χ0n) is 26.8. The van der Waals surface area contributed by atoms with E-state index in [1.165, 1.54) is 33.2 Å². The Kier molecular flexibility index (Phi) is 7.50. The largest absolute Gasteiger partial charge is 0.376 e. The van der Waals surface area contributed by atoms with Gasteiger partial charge in [0.15, 0.2) is 11.7 Å². The Morgan fingerprint density at radius 3 is 1.92 bits per heavy atom. The summed E-state index contributed by atoms with van der Waals surface area (Å²) in [5, 5.41) is 6.44. The summed E-state index contributed by atoms with van der Waals surface area (Å²) in [6, 6.07) is 54.9. The highest BCUT2D eigenvalue weighted by Gasteiger charge is 2.46. The van der Waals surface area contributed by atoms with Crippen molar-refractivity contribution in [2.75, 3.05) is 5.32 Å². The number of nitrogens with zero attached hydrogens (tertiary/aromatic N) is 4. The molecule has 2 heterocycles. The molecule has 0 amide bonds. The van der Waals surface area contributed by atoms with Crippen LogP contribution in [0.2, 0.25) is 0 Å². The number of hydrogen-bond acceptors (Lipinski definition) is 2. The molecule has 48 heavy (non-hydrogen) atoms. The van der Waals surface area contributed by atoms with Gasteiger partial charge in [0, 0.05) is 33.0 Å². The standard InChI is InChI=1S/C43H35N5/c1-43(33-23-13-6-14-24-33)35-27-28-37-38(39(35)46-40(43)30-17-7-3-8-18-30)34-25-15-16-26-36(34)48(37)29-45-42(32-21-11-5-12-22-32)47-41(44-2)31-19-9-4-10-20-31/h3-28,40,46H,2,29H2,1H3/b45-42-,47-41?. The maximum Gasteiger partial charge on any atom is 0.161 e. The third-order valence-corrected chi connectivity index (χ3v) is 9.66. The second-order valence-electron chi connectivity index (χ2n) is 12.3. The van der Waals surface area contributed by atoms with Crippen LogP contribution in [-0.4, -0.2) is 23.0 Å². The zero-order valence-corrected chi connectivity index (χ0v) is 26.8. The van der Waals surface area contributed by atoms with Crippen LogP contribution in [0.1, 0.15) is 40.8 Å². The molecule has 232 valence electrons. The molecule has 8 rings (SSSR count). The fourth-order valence-electron chi connectivity index (χ4n) is 7.28. The smallest absolute Gasteiger partial charge is 0.161 e. The number of anilines is 1. The number of hydrogen-bond donors (Lipinski definition) is 1. The number of aliphatic imine (C=N–C) groups is 3. The summed E-state index contributed by atoms with van der Waals surface area (Å²) in [6.45, 7) is 6.58. The van der Waals surface area contributed by atoms with Crippen LogP contribution in [0.3, 0.4) is 0 Å². The number of rotatable bonds is 6. The fourth-order valence-corrected chi connectivity index (χ4v) is 7.28. The lowest BCUT2D eigenvalue weighted by molar-refractivity contribution is 0.514. The van der Waals surface area contributed by atoms with E-state index < -0.39 is 0 Å². The van der Waals surface area contributed by atoms with Crippen molar-refractivity contribution in [1.82, 2.24) is 4.57 Å². The van der Waals surface area contributed by atoms with E-state index in [1.807, 2.05) is 60.7 Å². The third-order valence-electron chi connectivity index (χ3n) is 9.66. The molecule has 5 nitrogen and oxygen atoms in total. The van der Waals surface area contributed by atoms with Crippen LogP contribution in [-0.2, 0) is 12.1 Å². The molecular weight excluding hydrogens is 587 g/mol. The molecule has 7 aromatic rings. The topological polar surface area (TPSA) is 54.0 Å². The summed E-state index contributed by atoms with van der Waals surface area (Å²) >= 11 is 0. The van der Waals surface area contributed by atoms with Gasteiger partial charge in [-0.1, -0.05) is 146 Å². The first-order valence-corrected chi connectivity index (χ1v) is 16.3. The first-order valence-electron chi connectivity index (χ1n) is 16.3. The van der Waals surface area contributed by atoms with Gasteiger partial charge in [-0.05, 0) is 42.5 Å². The van der Waals surface area contributed by atoms with Crippen molar-refractivity contribution < 1.29 is 0 Å². The van der Waals surface area contributed by atoms with E-state index in [-0.39, 0.29) is 11.5 Å². The van der Waals surface area contributed by atoms with Crippen LogP contribution in [0.5, 0.6) is 0 Å². The molecule has 0 saturated heterocycles. The van der Waals surface area contributed by atoms with E-state index in [1.54, 1.807) is 0 Å². The van der Waals surface area contributed by atoms with Gasteiger partial charge in [-0.3, -0.25) is 0 Å². The van der Waals surface area contributed by atoms with Crippen LogP contribution >= 0.6 is 0 Å². The van der Waals surface area contributed by atoms with E-state index in [0.717, 1.165) is 22.2 Å². The van der Waals surface area contributed by atoms with Gasteiger partial charge in [0.2, 0.25) is 0 Å². The van der Waals surface area contributed by atoms with Gasteiger partial charge in [-0.15, -0.1) is 0 Å². The van der Waals surface area contributed by atoms with Crippen LogP contribution in [0.4, 0.5) is 5.69 Å². The molecule has 0 aliphatic carbocycles. The molecule has 1 aliphatic rings. The van der Waals surface area contributed by atoms with Crippen molar-refractivity contribution in [1.29, 1.82) is 0 Å². The Morgan fingerprint density at radius 1 is 0.667 bits per heavy atom. The molecule has 0 spiro atoms. The average molecular weight is 622 g/mol. The number of amidine groups is 2. The van der Waals surface area contributed by atoms with Gasteiger partial charge >= 0.3 is 0 Å². The first kappa shape index (κ1) is 29.3. The van der Waals surface area contributed by atoms with E-state index >= 15 is 0 Å². The first-order chi connectivity index (χ1) is 23.7. The summed E-state index contributed by atoms with van der Waals surface area (Å²) in [6.07, 6.45) is 0. The minimum absolute atomic E-state index is 0.0589. The molecule has 0 saturated carbocycles. The number of para-hydroxylation sites is 1. The van der Waals surface area contributed by atoms with Crippen LogP contribution in [0, 0.1) is 0 Å². The van der Waals surface area contributed by atoms with Crippen molar-refractivity contribution in [2.45, 2.75) is 25.0 Å². The molecule has 5 heteroatoms. The fraction of sp³-hybridized carbons (Fsp3) is 0.0930. The third kappa shape index (κ3) is 4.92. The summed E-state index contributed by atoms with van der Waals surface area (Å²) in [7, 11) is 0. The quantitative estimate of drug-likeness (QED) is 0.146. The van der Waals surface area contributed by atoms with Crippen molar-refractivity contribution in [3.63, 3.8) is 0 Å². The van der Waals surface area contributed by atoms with Gasteiger partial charge < -0.3 is 9.88 Å². The zero-order chi connectivity index (χ0) is 32.5. The molecule has 1 aromatic heterocycles. The number of benzene rings is 6. The Hall–Kier alpha value is -6.07. The van der Waals surface area contributed by atoms with E-state index in [2.05, 4.69) is 126 Å². The predicted molar refractivity (Wildman–Crippen MR) is 201 cm³/mol. The predicted octanol–water partition coefficient (Wildman–Crippen LogP) is 9.82.